The highest BCUT2D eigenvalue weighted by atomic mass is 79.9. The van der Waals surface area contributed by atoms with Crippen molar-refractivity contribution in [1.82, 2.24) is 14.9 Å². The zero-order valence-electron chi connectivity index (χ0n) is 26.8. The molecule has 1 amide bonds. The second kappa shape index (κ2) is 13.4. The molecule has 2 aromatic heterocycles. The van der Waals surface area contributed by atoms with Crippen LogP contribution in [0.5, 0.6) is 5.88 Å². The first-order valence-electron chi connectivity index (χ1n) is 14.8. The molecular weight excluding hydrogens is 624 g/mol. The van der Waals surface area contributed by atoms with E-state index < -0.39 is 8.32 Å². The van der Waals surface area contributed by atoms with E-state index in [9.17, 15) is 4.79 Å². The molecule has 0 bridgehead atoms. The molecule has 0 unspecified atom stereocenters. The van der Waals surface area contributed by atoms with Crippen LogP contribution >= 0.6 is 15.9 Å². The summed E-state index contributed by atoms with van der Waals surface area (Å²) in [4.78, 5) is 24.5. The molecule has 1 fully saturated rings. The fourth-order valence-corrected chi connectivity index (χ4v) is 6.58. The summed E-state index contributed by atoms with van der Waals surface area (Å²) < 4.78 is 18.9. The van der Waals surface area contributed by atoms with Crippen LogP contribution in [-0.4, -0.2) is 61.6 Å². The van der Waals surface area contributed by atoms with E-state index in [1.54, 1.807) is 12.0 Å². The molecule has 0 radical (unpaired) electrons. The molecule has 10 heteroatoms. The van der Waals surface area contributed by atoms with Gasteiger partial charge >= 0.3 is 6.09 Å². The molecule has 0 aliphatic carbocycles. The minimum atomic E-state index is -2.13. The van der Waals surface area contributed by atoms with Gasteiger partial charge in [0.05, 0.1) is 42.7 Å². The molecule has 3 heterocycles. The van der Waals surface area contributed by atoms with Crippen molar-refractivity contribution in [3.63, 3.8) is 0 Å². The lowest BCUT2D eigenvalue weighted by molar-refractivity contribution is 0.0980. The number of nitrogens with one attached hydrogen (secondary N) is 1. The third-order valence-corrected chi connectivity index (χ3v) is 13.5. The van der Waals surface area contributed by atoms with Crippen molar-refractivity contribution < 1.29 is 18.7 Å². The van der Waals surface area contributed by atoms with Gasteiger partial charge < -0.3 is 24.1 Å². The van der Waals surface area contributed by atoms with E-state index in [0.717, 1.165) is 33.8 Å². The maximum absolute atomic E-state index is 13.2. The molecule has 3 aromatic rings. The molecule has 8 nitrogen and oxygen atoms in total. The van der Waals surface area contributed by atoms with Gasteiger partial charge in [0.2, 0.25) is 5.88 Å². The minimum absolute atomic E-state index is 0.0252. The van der Waals surface area contributed by atoms with E-state index in [4.69, 9.17) is 23.9 Å². The topological polar surface area (TPSA) is 85.8 Å². The number of carbonyl (C=O) groups excluding carboxylic acids is 1. The Balaban J connectivity index is 1.58. The summed E-state index contributed by atoms with van der Waals surface area (Å²) in [5, 5.41) is 3.68. The number of hydrogen-bond donors (Lipinski definition) is 1. The summed E-state index contributed by atoms with van der Waals surface area (Å²) >= 11 is 3.71. The fraction of sp³-hybridized carbons (Fsp3) is 0.485. The summed E-state index contributed by atoms with van der Waals surface area (Å²) in [7, 11) is -0.498. The Morgan fingerprint density at radius 3 is 2.44 bits per heavy atom. The second-order valence-corrected chi connectivity index (χ2v) is 18.6. The average molecular weight is 670 g/mol. The van der Waals surface area contributed by atoms with Crippen LogP contribution in [0, 0.1) is 6.92 Å². The minimum Gasteiger partial charge on any atom is -0.480 e. The van der Waals surface area contributed by atoms with Gasteiger partial charge in [-0.1, -0.05) is 65.0 Å². The van der Waals surface area contributed by atoms with Crippen molar-refractivity contribution in [1.29, 1.82) is 0 Å². The van der Waals surface area contributed by atoms with E-state index in [1.165, 1.54) is 0 Å². The number of ether oxygens (including phenoxy) is 2. The predicted octanol–water partition coefficient (Wildman–Crippen LogP) is 8.17. The zero-order chi connectivity index (χ0) is 31.5. The zero-order valence-corrected chi connectivity index (χ0v) is 29.4. The molecule has 0 spiro atoms. The average Bonchev–Trinajstić information content (AvgIpc) is 3.34. The van der Waals surface area contributed by atoms with Crippen LogP contribution in [0.3, 0.4) is 0 Å². The number of methoxy groups -OCH3 is 1. The largest absolute Gasteiger partial charge is 0.480 e. The van der Waals surface area contributed by atoms with Crippen molar-refractivity contribution in [3.8, 4) is 17.1 Å². The summed E-state index contributed by atoms with van der Waals surface area (Å²) in [5.74, 6) is 0.844. The summed E-state index contributed by atoms with van der Waals surface area (Å²) in [6.07, 6.45) is -0.546. The maximum atomic E-state index is 13.2. The highest BCUT2D eigenvalue weighted by Crippen LogP contribution is 2.39. The molecule has 1 aromatic carbocycles. The van der Waals surface area contributed by atoms with Crippen LogP contribution in [0.1, 0.15) is 57.4 Å². The van der Waals surface area contributed by atoms with Crippen LogP contribution in [-0.2, 0) is 15.8 Å². The number of nitrogens with zero attached hydrogens (tertiary/aromatic N) is 3. The van der Waals surface area contributed by atoms with Crippen molar-refractivity contribution >= 4 is 36.0 Å². The van der Waals surface area contributed by atoms with Crippen molar-refractivity contribution in [2.24, 2.45) is 0 Å². The van der Waals surface area contributed by atoms with Gasteiger partial charge in [-0.2, -0.15) is 0 Å². The van der Waals surface area contributed by atoms with Crippen molar-refractivity contribution in [3.05, 3.63) is 70.0 Å². The molecule has 2 atom stereocenters. The number of aryl methyl sites for hydroxylation is 1. The van der Waals surface area contributed by atoms with E-state index >= 15 is 0 Å². The van der Waals surface area contributed by atoms with Gasteiger partial charge in [0.15, 0.2) is 8.32 Å². The number of carbonyl (C=O) groups is 1. The fourth-order valence-electron chi connectivity index (χ4n) is 4.82. The first-order valence-corrected chi connectivity index (χ1v) is 18.5. The van der Waals surface area contributed by atoms with Gasteiger partial charge in [0, 0.05) is 12.2 Å². The first-order chi connectivity index (χ1) is 20.2. The number of rotatable bonds is 9. The Morgan fingerprint density at radius 1 is 1.12 bits per heavy atom. The van der Waals surface area contributed by atoms with E-state index in [0.29, 0.717) is 29.5 Å². The standard InChI is InChI=1S/C33H45BrN4O4Si/c1-21(2)25-16-15-24(31(36-25)40-7)29-22(3)17-26(30(34)37-29)35-27-18-38(19-28(27)42-43(8,9)33(4,5)6)32(39)41-20-23-13-11-10-12-14-23/h10-17,21,27-28,35H,18-20H2,1-9H3/t27-,28+/m1/s1. The number of hydrogen-bond acceptors (Lipinski definition) is 7. The lowest BCUT2D eigenvalue weighted by atomic mass is 10.0. The molecule has 1 aliphatic heterocycles. The Bertz CT molecular complexity index is 1430. The third kappa shape index (κ3) is 7.77. The molecule has 1 N–H and O–H groups in total. The number of aromatic nitrogens is 2. The summed E-state index contributed by atoms with van der Waals surface area (Å²) in [5.41, 5.74) is 5.36. The van der Waals surface area contributed by atoms with Gasteiger partial charge in [-0.25, -0.2) is 14.8 Å². The number of benzene rings is 1. The molecule has 4 rings (SSSR count). The van der Waals surface area contributed by atoms with Crippen LogP contribution < -0.4 is 10.1 Å². The molecule has 1 saturated heterocycles. The highest BCUT2D eigenvalue weighted by molar-refractivity contribution is 9.10. The highest BCUT2D eigenvalue weighted by Gasteiger charge is 2.45. The first kappa shape index (κ1) is 33.0. The summed E-state index contributed by atoms with van der Waals surface area (Å²) in [6, 6.07) is 15.7. The maximum Gasteiger partial charge on any atom is 0.410 e. The normalized spacial score (nSPS) is 17.3. The number of halogens is 1. The Morgan fingerprint density at radius 2 is 1.81 bits per heavy atom. The molecular formula is C33H45BrN4O4Si. The van der Waals surface area contributed by atoms with E-state index in [-0.39, 0.29) is 29.9 Å². The summed E-state index contributed by atoms with van der Waals surface area (Å²) in [6.45, 7) is 18.5. The third-order valence-electron chi connectivity index (χ3n) is 8.41. The van der Waals surface area contributed by atoms with Gasteiger partial charge in [0.25, 0.3) is 0 Å². The van der Waals surface area contributed by atoms with Gasteiger partial charge in [-0.15, -0.1) is 0 Å². The smallest absolute Gasteiger partial charge is 0.410 e. The Hall–Kier alpha value is -2.95. The predicted molar refractivity (Wildman–Crippen MR) is 178 cm³/mol. The van der Waals surface area contributed by atoms with Crippen molar-refractivity contribution in [2.45, 2.75) is 84.3 Å². The van der Waals surface area contributed by atoms with E-state index in [1.807, 2.05) is 49.4 Å². The SMILES string of the molecule is COc1nc(C(C)C)ccc1-c1nc(Br)c(N[C@@H]2CN(C(=O)OCc3ccccc3)C[C@@H]2O[Si](C)(C)C(C)(C)C)cc1C. The van der Waals surface area contributed by atoms with Gasteiger partial charge in [-0.3, -0.25) is 0 Å². The molecule has 43 heavy (non-hydrogen) atoms. The van der Waals surface area contributed by atoms with Crippen LogP contribution in [0.4, 0.5) is 10.5 Å². The molecule has 232 valence electrons. The van der Waals surface area contributed by atoms with Gasteiger partial charge in [0.1, 0.15) is 11.2 Å². The molecule has 0 saturated carbocycles. The Labute approximate surface area is 265 Å². The number of amides is 1. The number of anilines is 1. The second-order valence-electron chi connectivity index (χ2n) is 13.1. The quantitative estimate of drug-likeness (QED) is 0.182. The Kier molecular flexibility index (Phi) is 10.2. The number of likely N-dealkylation sites (tertiary alicyclic amines) is 1. The monoisotopic (exact) mass is 668 g/mol. The number of pyridine rings is 2. The molecule has 1 aliphatic rings. The van der Waals surface area contributed by atoms with E-state index in [2.05, 4.69) is 75.0 Å². The van der Waals surface area contributed by atoms with Gasteiger partial charge in [-0.05, 0) is 76.2 Å². The van der Waals surface area contributed by atoms with Crippen molar-refractivity contribution in [2.75, 3.05) is 25.5 Å². The lowest BCUT2D eigenvalue weighted by Crippen LogP contribution is -2.48. The van der Waals surface area contributed by atoms with Crippen LogP contribution in [0.15, 0.2) is 53.1 Å². The van der Waals surface area contributed by atoms with Crippen LogP contribution in [0.2, 0.25) is 18.1 Å². The lowest BCUT2D eigenvalue weighted by Gasteiger charge is -2.39. The van der Waals surface area contributed by atoms with Crippen LogP contribution in [0.25, 0.3) is 11.3 Å².